The quantitative estimate of drug-likeness (QED) is 0.781. The van der Waals surface area contributed by atoms with Crippen LogP contribution in [0, 0.1) is 0 Å². The maximum atomic E-state index is 12.7. The Hall–Kier alpha value is -2.40. The molecule has 4 rings (SSSR count). The van der Waals surface area contributed by atoms with Crippen molar-refractivity contribution in [2.45, 2.75) is 62.9 Å². The third kappa shape index (κ3) is 3.64. The van der Waals surface area contributed by atoms with E-state index in [0.717, 1.165) is 73.3 Å². The number of amides is 2. The Kier molecular flexibility index (Phi) is 5.11. The van der Waals surface area contributed by atoms with E-state index in [9.17, 15) is 17.8 Å². The molecular weight excluding hydrogens is 402 g/mol. The highest BCUT2D eigenvalue weighted by molar-refractivity contribution is 7.91. The largest absolute Gasteiger partial charge is 0.354 e. The van der Waals surface area contributed by atoms with Crippen molar-refractivity contribution >= 4 is 21.6 Å². The molecule has 2 aliphatic carbocycles. The van der Waals surface area contributed by atoms with Crippen molar-refractivity contribution in [3.05, 3.63) is 34.8 Å². The van der Waals surface area contributed by atoms with Gasteiger partial charge in [0.1, 0.15) is 0 Å². The summed E-state index contributed by atoms with van der Waals surface area (Å²) in [7, 11) is -3.75. The number of nitrogens with zero attached hydrogens (tertiary/aromatic N) is 4. The molecular formula is C18H22F2N6O2S. The number of anilines is 1. The fourth-order valence-corrected chi connectivity index (χ4v) is 4.98. The second-order valence-electron chi connectivity index (χ2n) is 7.27. The summed E-state index contributed by atoms with van der Waals surface area (Å²) in [6.07, 6.45) is 6.31. The zero-order valence-corrected chi connectivity index (χ0v) is 16.7. The second kappa shape index (κ2) is 7.45. The van der Waals surface area contributed by atoms with Crippen LogP contribution in [0.1, 0.15) is 61.2 Å². The number of hydrogen-bond acceptors (Lipinski definition) is 4. The lowest BCUT2D eigenvalue weighted by Gasteiger charge is -2.16. The van der Waals surface area contributed by atoms with Crippen molar-refractivity contribution in [1.82, 2.24) is 14.8 Å². The van der Waals surface area contributed by atoms with E-state index >= 15 is 0 Å². The van der Waals surface area contributed by atoms with E-state index in [2.05, 4.69) is 21.7 Å². The molecule has 29 heavy (non-hydrogen) atoms. The summed E-state index contributed by atoms with van der Waals surface area (Å²) < 4.78 is 41.8. The number of carbonyl (C=O) groups excluding carboxylic acids is 1. The van der Waals surface area contributed by atoms with Gasteiger partial charge in [0.25, 0.3) is 0 Å². The Morgan fingerprint density at radius 2 is 2.21 bits per heavy atom. The molecule has 0 radical (unpaired) electrons. The van der Waals surface area contributed by atoms with E-state index in [0.29, 0.717) is 16.3 Å². The number of pyridine rings is 1. The Morgan fingerprint density at radius 3 is 2.90 bits per heavy atom. The monoisotopic (exact) mass is 424 g/mol. The molecule has 11 heteroatoms. The molecule has 0 aliphatic heterocycles. The first-order chi connectivity index (χ1) is 13.8. The van der Waals surface area contributed by atoms with Gasteiger partial charge in [-0.1, -0.05) is 6.92 Å². The predicted molar refractivity (Wildman–Crippen MR) is 103 cm³/mol. The van der Waals surface area contributed by atoms with Crippen LogP contribution in [0.4, 0.5) is 19.3 Å². The summed E-state index contributed by atoms with van der Waals surface area (Å²) >= 11 is 0. The molecule has 2 unspecified atom stereocenters. The molecule has 2 aromatic heterocycles. The van der Waals surface area contributed by atoms with E-state index in [1.807, 2.05) is 0 Å². The van der Waals surface area contributed by atoms with E-state index in [-0.39, 0.29) is 5.03 Å². The highest BCUT2D eigenvalue weighted by atomic mass is 32.2. The predicted octanol–water partition coefficient (Wildman–Crippen LogP) is 3.53. The van der Waals surface area contributed by atoms with Gasteiger partial charge in [0.2, 0.25) is 0 Å². The average molecular weight is 424 g/mol. The van der Waals surface area contributed by atoms with Crippen LogP contribution in [-0.2, 0) is 29.2 Å². The highest BCUT2D eigenvalue weighted by Crippen LogP contribution is 2.42. The first-order valence-electron chi connectivity index (χ1n) is 9.54. The molecule has 3 N–H and O–H groups in total. The SMILES string of the molecule is CCC1CCc2c1nc1c(c2NC(=O)N=S(N)(=O)c2ccn(C(F)F)n2)CCC1. The third-order valence-corrected chi connectivity index (χ3v) is 6.77. The van der Waals surface area contributed by atoms with Crippen LogP contribution >= 0.6 is 0 Å². The molecule has 0 spiro atoms. The zero-order valence-electron chi connectivity index (χ0n) is 15.9. The maximum Gasteiger partial charge on any atom is 0.354 e. The summed E-state index contributed by atoms with van der Waals surface area (Å²) in [5.41, 5.74) is 4.71. The number of nitrogens with one attached hydrogen (secondary N) is 1. The highest BCUT2D eigenvalue weighted by Gasteiger charge is 2.31. The van der Waals surface area contributed by atoms with Crippen LogP contribution < -0.4 is 10.5 Å². The minimum Gasteiger partial charge on any atom is -0.305 e. The second-order valence-corrected chi connectivity index (χ2v) is 9.01. The zero-order chi connectivity index (χ0) is 20.8. The van der Waals surface area contributed by atoms with Crippen molar-refractivity contribution in [1.29, 1.82) is 0 Å². The Morgan fingerprint density at radius 1 is 1.41 bits per heavy atom. The standard InChI is InChI=1S/C18H22F2N6O2S/c1-2-10-6-7-12-15(10)22-13-5-3-4-11(13)16(12)23-18(27)25-29(21,28)14-8-9-26(24-14)17(19)20/h8-10,17H,2-7H2,1H3,(H3,21,22,23,25,27,28). The summed E-state index contributed by atoms with van der Waals surface area (Å²) in [4.78, 5) is 17.4. The van der Waals surface area contributed by atoms with Crippen molar-refractivity contribution in [2.75, 3.05) is 5.32 Å². The van der Waals surface area contributed by atoms with Gasteiger partial charge in [-0.15, -0.1) is 4.36 Å². The van der Waals surface area contributed by atoms with E-state index in [4.69, 9.17) is 10.1 Å². The van der Waals surface area contributed by atoms with Crippen LogP contribution in [0.15, 0.2) is 21.7 Å². The number of alkyl halides is 2. The average Bonchev–Trinajstić information content (AvgIpc) is 3.39. The normalized spacial score (nSPS) is 19.7. The summed E-state index contributed by atoms with van der Waals surface area (Å²) in [6.45, 7) is -0.786. The van der Waals surface area contributed by atoms with Gasteiger partial charge >= 0.3 is 12.6 Å². The number of urea groups is 1. The maximum absolute atomic E-state index is 12.7. The minimum absolute atomic E-state index is 0.308. The fourth-order valence-electron chi connectivity index (χ4n) is 4.12. The number of hydrogen-bond donors (Lipinski definition) is 2. The molecule has 0 fully saturated rings. The molecule has 0 saturated carbocycles. The van der Waals surface area contributed by atoms with Gasteiger partial charge in [-0.2, -0.15) is 13.9 Å². The summed E-state index contributed by atoms with van der Waals surface area (Å²) in [5.74, 6) is 0.362. The summed E-state index contributed by atoms with van der Waals surface area (Å²) in [6, 6.07) is 0.186. The van der Waals surface area contributed by atoms with Crippen LogP contribution in [0.2, 0.25) is 0 Å². The Labute approximate surface area is 167 Å². The molecule has 0 saturated heterocycles. The Bertz CT molecular complexity index is 1090. The van der Waals surface area contributed by atoms with Crippen LogP contribution in [-0.4, -0.2) is 25.0 Å². The smallest absolute Gasteiger partial charge is 0.305 e. The number of carbonyl (C=O) groups is 1. The van der Waals surface area contributed by atoms with Gasteiger partial charge in [-0.25, -0.2) is 18.8 Å². The molecule has 2 heterocycles. The molecule has 2 amide bonds. The minimum atomic E-state index is -3.75. The number of nitrogens with two attached hydrogens (primary N) is 1. The summed E-state index contributed by atoms with van der Waals surface area (Å²) in [5, 5.41) is 11.5. The molecule has 0 bridgehead atoms. The van der Waals surface area contributed by atoms with Gasteiger partial charge < -0.3 is 5.32 Å². The van der Waals surface area contributed by atoms with Gasteiger partial charge in [0.05, 0.1) is 5.69 Å². The topological polar surface area (TPSA) is 115 Å². The molecule has 2 aliphatic rings. The number of rotatable bonds is 4. The van der Waals surface area contributed by atoms with Gasteiger partial charge in [0, 0.05) is 23.5 Å². The lowest BCUT2D eigenvalue weighted by Crippen LogP contribution is -2.20. The van der Waals surface area contributed by atoms with Gasteiger partial charge in [-0.3, -0.25) is 4.98 Å². The number of halogens is 2. The molecule has 8 nitrogen and oxygen atoms in total. The van der Waals surface area contributed by atoms with E-state index < -0.39 is 22.5 Å². The molecule has 2 atom stereocenters. The van der Waals surface area contributed by atoms with Crippen LogP contribution in [0.3, 0.4) is 0 Å². The van der Waals surface area contributed by atoms with Crippen molar-refractivity contribution < 1.29 is 17.8 Å². The number of aryl methyl sites for hydroxylation is 1. The molecule has 156 valence electrons. The number of aromatic nitrogens is 3. The van der Waals surface area contributed by atoms with Gasteiger partial charge in [0.15, 0.2) is 14.9 Å². The number of fused-ring (bicyclic) bond motifs is 2. The first-order valence-corrected chi connectivity index (χ1v) is 11.1. The van der Waals surface area contributed by atoms with E-state index in [1.165, 1.54) is 0 Å². The van der Waals surface area contributed by atoms with Crippen LogP contribution in [0.5, 0.6) is 0 Å². The molecule has 0 aromatic carbocycles. The first kappa shape index (κ1) is 19.9. The Balaban J connectivity index is 1.67. The lowest BCUT2D eigenvalue weighted by atomic mass is 10.0. The fraction of sp³-hybridized carbons (Fsp3) is 0.500. The van der Waals surface area contributed by atoms with Crippen molar-refractivity contribution in [3.63, 3.8) is 0 Å². The van der Waals surface area contributed by atoms with E-state index in [1.54, 1.807) is 0 Å². The van der Waals surface area contributed by atoms with Crippen molar-refractivity contribution in [2.24, 2.45) is 9.50 Å². The molecule has 2 aromatic rings. The van der Waals surface area contributed by atoms with Gasteiger partial charge in [-0.05, 0) is 55.7 Å². The van der Waals surface area contributed by atoms with Crippen LogP contribution in [0.25, 0.3) is 0 Å². The third-order valence-electron chi connectivity index (χ3n) is 5.51. The lowest BCUT2D eigenvalue weighted by molar-refractivity contribution is 0.0554. The van der Waals surface area contributed by atoms with Crippen molar-refractivity contribution in [3.8, 4) is 0 Å².